The average Bonchev–Trinajstić information content (AvgIpc) is 3.51. The Morgan fingerprint density at radius 3 is 2.52 bits per heavy atom. The number of fused-ring (bicyclic) bond motifs is 1. The number of aryl methyl sites for hydroxylation is 1. The highest BCUT2D eigenvalue weighted by Gasteiger charge is 2.29. The maximum absolute atomic E-state index is 5.44. The number of likely N-dealkylation sites (tertiary alicyclic amines) is 1. The summed E-state index contributed by atoms with van der Waals surface area (Å²) in [6.07, 6.45) is 5.71. The van der Waals surface area contributed by atoms with Crippen LogP contribution in [0.3, 0.4) is 0 Å². The van der Waals surface area contributed by atoms with E-state index < -0.39 is 0 Å². The number of rotatable bonds is 7. The second-order valence-corrected chi connectivity index (χ2v) is 9.42. The van der Waals surface area contributed by atoms with Gasteiger partial charge in [0.05, 0.1) is 11.0 Å². The number of anilines is 1. The van der Waals surface area contributed by atoms with E-state index in [1.165, 1.54) is 23.9 Å². The van der Waals surface area contributed by atoms with Crippen LogP contribution in [-0.4, -0.2) is 50.3 Å². The van der Waals surface area contributed by atoms with Crippen LogP contribution < -0.4 is 5.32 Å². The van der Waals surface area contributed by atoms with Crippen LogP contribution in [0.5, 0.6) is 0 Å². The Morgan fingerprint density at radius 1 is 0.970 bits per heavy atom. The summed E-state index contributed by atoms with van der Waals surface area (Å²) in [5.41, 5.74) is 4.58. The van der Waals surface area contributed by atoms with Gasteiger partial charge in [-0.15, -0.1) is 0 Å². The van der Waals surface area contributed by atoms with E-state index in [9.17, 15) is 0 Å². The minimum atomic E-state index is 0.478. The third-order valence-corrected chi connectivity index (χ3v) is 7.01. The maximum atomic E-state index is 5.44. The number of aromatic nitrogens is 4. The Labute approximate surface area is 193 Å². The SMILES string of the molecule is Cn1c(NC2CCN(CCc3ccc(-c4nc(C5CC5)no4)cc3)CC2)nc2ccccc21. The minimum Gasteiger partial charge on any atom is -0.353 e. The molecule has 3 heterocycles. The minimum absolute atomic E-state index is 0.478. The zero-order valence-electron chi connectivity index (χ0n) is 19.1. The molecule has 1 saturated carbocycles. The van der Waals surface area contributed by atoms with Crippen molar-refractivity contribution in [1.82, 2.24) is 24.6 Å². The van der Waals surface area contributed by atoms with Gasteiger partial charge in [0.1, 0.15) is 0 Å². The van der Waals surface area contributed by atoms with Crippen molar-refractivity contribution in [3.8, 4) is 11.5 Å². The van der Waals surface area contributed by atoms with Crippen molar-refractivity contribution in [2.24, 2.45) is 7.05 Å². The molecule has 0 spiro atoms. The highest BCUT2D eigenvalue weighted by molar-refractivity contribution is 5.78. The van der Waals surface area contributed by atoms with Crippen molar-refractivity contribution < 1.29 is 4.52 Å². The quantitative estimate of drug-likeness (QED) is 0.450. The van der Waals surface area contributed by atoms with Crippen LogP contribution in [0.1, 0.15) is 43.0 Å². The molecule has 0 atom stereocenters. The van der Waals surface area contributed by atoms with E-state index in [1.54, 1.807) is 0 Å². The Bertz CT molecular complexity index is 1230. The fraction of sp³-hybridized carbons (Fsp3) is 0.423. The molecule has 7 nitrogen and oxygen atoms in total. The standard InChI is InChI=1S/C26H30N6O/c1-31-23-5-3-2-4-22(23)28-26(31)27-21-13-16-32(17-14-21)15-12-18-6-8-20(9-7-18)25-29-24(30-33-25)19-10-11-19/h2-9,19,21H,10-17H2,1H3,(H,27,28). The number of para-hydroxylation sites is 2. The van der Waals surface area contributed by atoms with Gasteiger partial charge in [0.2, 0.25) is 5.95 Å². The molecule has 0 amide bonds. The molecule has 0 radical (unpaired) electrons. The molecule has 1 N–H and O–H groups in total. The molecule has 2 aromatic carbocycles. The van der Waals surface area contributed by atoms with E-state index in [4.69, 9.17) is 9.51 Å². The maximum Gasteiger partial charge on any atom is 0.257 e. The van der Waals surface area contributed by atoms with Gasteiger partial charge in [-0.3, -0.25) is 0 Å². The first-order chi connectivity index (χ1) is 16.2. The van der Waals surface area contributed by atoms with Crippen LogP contribution in [0, 0.1) is 0 Å². The van der Waals surface area contributed by atoms with Gasteiger partial charge in [-0.2, -0.15) is 4.98 Å². The van der Waals surface area contributed by atoms with Gasteiger partial charge in [0.25, 0.3) is 5.89 Å². The van der Waals surface area contributed by atoms with Gasteiger partial charge < -0.3 is 19.3 Å². The molecule has 2 fully saturated rings. The van der Waals surface area contributed by atoms with Crippen molar-refractivity contribution in [2.75, 3.05) is 25.0 Å². The van der Waals surface area contributed by atoms with Crippen LogP contribution in [0.2, 0.25) is 0 Å². The van der Waals surface area contributed by atoms with E-state index >= 15 is 0 Å². The number of nitrogens with one attached hydrogen (secondary N) is 1. The largest absolute Gasteiger partial charge is 0.353 e. The summed E-state index contributed by atoms with van der Waals surface area (Å²) in [6.45, 7) is 3.32. The van der Waals surface area contributed by atoms with Crippen molar-refractivity contribution in [3.05, 3.63) is 59.9 Å². The molecule has 0 bridgehead atoms. The van der Waals surface area contributed by atoms with Crippen molar-refractivity contribution in [3.63, 3.8) is 0 Å². The van der Waals surface area contributed by atoms with Crippen molar-refractivity contribution in [2.45, 2.75) is 44.1 Å². The zero-order chi connectivity index (χ0) is 22.2. The van der Waals surface area contributed by atoms with E-state index in [-0.39, 0.29) is 0 Å². The normalized spacial score (nSPS) is 17.6. The Kier molecular flexibility index (Phi) is 5.34. The monoisotopic (exact) mass is 442 g/mol. The molecule has 2 aliphatic rings. The molecule has 33 heavy (non-hydrogen) atoms. The van der Waals surface area contributed by atoms with Gasteiger partial charge in [0.15, 0.2) is 5.82 Å². The molecule has 170 valence electrons. The second kappa shape index (κ2) is 8.63. The third kappa shape index (κ3) is 4.37. The van der Waals surface area contributed by atoms with Crippen LogP contribution in [0.25, 0.3) is 22.5 Å². The molecule has 7 heteroatoms. The lowest BCUT2D eigenvalue weighted by atomic mass is 10.0. The fourth-order valence-corrected chi connectivity index (χ4v) is 4.72. The summed E-state index contributed by atoms with van der Waals surface area (Å²) < 4.78 is 7.60. The summed E-state index contributed by atoms with van der Waals surface area (Å²) in [5, 5.41) is 7.79. The van der Waals surface area contributed by atoms with Crippen LogP contribution in [-0.2, 0) is 13.5 Å². The smallest absolute Gasteiger partial charge is 0.257 e. The van der Waals surface area contributed by atoms with Gasteiger partial charge in [-0.05, 0) is 61.9 Å². The van der Waals surface area contributed by atoms with Crippen molar-refractivity contribution in [1.29, 1.82) is 0 Å². The first-order valence-electron chi connectivity index (χ1n) is 12.1. The molecule has 1 aliphatic carbocycles. The lowest BCUT2D eigenvalue weighted by molar-refractivity contribution is 0.221. The van der Waals surface area contributed by atoms with Gasteiger partial charge in [-0.25, -0.2) is 4.98 Å². The first-order valence-corrected chi connectivity index (χ1v) is 12.1. The number of imidazole rings is 1. The predicted molar refractivity (Wildman–Crippen MR) is 129 cm³/mol. The zero-order valence-corrected chi connectivity index (χ0v) is 19.1. The van der Waals surface area contributed by atoms with E-state index in [1.807, 2.05) is 6.07 Å². The summed E-state index contributed by atoms with van der Waals surface area (Å²) in [7, 11) is 2.09. The summed E-state index contributed by atoms with van der Waals surface area (Å²) in [5.74, 6) is 2.99. The molecule has 1 saturated heterocycles. The number of nitrogens with zero attached hydrogens (tertiary/aromatic N) is 5. The molecule has 0 unspecified atom stereocenters. The summed E-state index contributed by atoms with van der Waals surface area (Å²) in [6, 6.07) is 17.4. The van der Waals surface area contributed by atoms with Gasteiger partial charge in [-0.1, -0.05) is 29.4 Å². The molecule has 1 aliphatic heterocycles. The number of piperidine rings is 1. The number of hydrogen-bond acceptors (Lipinski definition) is 6. The lowest BCUT2D eigenvalue weighted by Gasteiger charge is -2.32. The van der Waals surface area contributed by atoms with E-state index in [0.29, 0.717) is 17.9 Å². The average molecular weight is 443 g/mol. The molecule has 6 rings (SSSR count). The Morgan fingerprint density at radius 2 is 1.76 bits per heavy atom. The predicted octanol–water partition coefficient (Wildman–Crippen LogP) is 4.62. The van der Waals surface area contributed by atoms with E-state index in [2.05, 4.69) is 74.4 Å². The topological polar surface area (TPSA) is 72.0 Å². The molecule has 2 aromatic heterocycles. The highest BCUT2D eigenvalue weighted by atomic mass is 16.5. The highest BCUT2D eigenvalue weighted by Crippen LogP contribution is 2.38. The number of benzene rings is 2. The van der Waals surface area contributed by atoms with Gasteiger partial charge >= 0.3 is 0 Å². The summed E-state index contributed by atoms with van der Waals surface area (Å²) >= 11 is 0. The lowest BCUT2D eigenvalue weighted by Crippen LogP contribution is -2.40. The second-order valence-electron chi connectivity index (χ2n) is 9.42. The Hall–Kier alpha value is -3.19. The fourth-order valence-electron chi connectivity index (χ4n) is 4.72. The van der Waals surface area contributed by atoms with Crippen LogP contribution >= 0.6 is 0 Å². The molecule has 4 aromatic rings. The van der Waals surface area contributed by atoms with E-state index in [0.717, 1.165) is 61.7 Å². The van der Waals surface area contributed by atoms with Gasteiger partial charge in [0, 0.05) is 44.2 Å². The number of hydrogen-bond donors (Lipinski definition) is 1. The van der Waals surface area contributed by atoms with Crippen molar-refractivity contribution >= 4 is 17.0 Å². The first kappa shape index (κ1) is 20.4. The molecular formula is C26H30N6O. The van der Waals surface area contributed by atoms with Crippen LogP contribution in [0.4, 0.5) is 5.95 Å². The third-order valence-electron chi connectivity index (χ3n) is 7.01. The van der Waals surface area contributed by atoms with Crippen LogP contribution in [0.15, 0.2) is 53.1 Å². The summed E-state index contributed by atoms with van der Waals surface area (Å²) in [4.78, 5) is 11.9. The Balaban J connectivity index is 0.990. The molecular weight excluding hydrogens is 412 g/mol.